The molecule has 0 spiro atoms. The van der Waals surface area contributed by atoms with Crippen molar-refractivity contribution in [1.82, 2.24) is 0 Å². The van der Waals surface area contributed by atoms with Crippen molar-refractivity contribution in [2.24, 2.45) is 7.05 Å². The minimum Gasteiger partial charge on any atom is -0.208 e. The molecule has 0 fully saturated rings. The normalized spacial score (nSPS) is 10.6. The van der Waals surface area contributed by atoms with Crippen molar-refractivity contribution in [2.45, 2.75) is 117 Å². The zero-order chi connectivity index (χ0) is 22.6. The molecule has 0 amide bonds. The van der Waals surface area contributed by atoms with E-state index in [1.54, 1.807) is 0 Å². The van der Waals surface area contributed by atoms with Crippen molar-refractivity contribution in [3.05, 3.63) is 60.2 Å². The summed E-state index contributed by atoms with van der Waals surface area (Å²) in [7, 11) is 2.03. The number of nitrogens with zero attached hydrogens (tertiary/aromatic N) is 2. The SMILES string of the molecule is CCCCCCCCCCCCCC[n+]1cccc(CC)c1.CCc1cc[n+](C)cc1. The number of pyridine rings is 2. The fourth-order valence-corrected chi connectivity index (χ4v) is 3.83. The van der Waals surface area contributed by atoms with E-state index in [4.69, 9.17) is 0 Å². The summed E-state index contributed by atoms with van der Waals surface area (Å²) in [4.78, 5) is 0. The Bertz CT molecular complexity index is 648. The Balaban J connectivity index is 0.000000442. The van der Waals surface area contributed by atoms with E-state index in [0.717, 1.165) is 12.8 Å². The predicted octanol–water partition coefficient (Wildman–Crippen LogP) is 7.31. The molecule has 0 aliphatic carbocycles. The van der Waals surface area contributed by atoms with E-state index in [1.807, 2.05) is 11.6 Å². The highest BCUT2D eigenvalue weighted by Crippen LogP contribution is 2.11. The minimum absolute atomic E-state index is 1.13. The van der Waals surface area contributed by atoms with Gasteiger partial charge in [0.05, 0.1) is 0 Å². The summed E-state index contributed by atoms with van der Waals surface area (Å²) in [6, 6.07) is 8.68. The second-order valence-electron chi connectivity index (χ2n) is 8.92. The zero-order valence-electron chi connectivity index (χ0n) is 21.1. The molecule has 2 aromatic heterocycles. The molecular weight excluding hydrogens is 376 g/mol. The lowest BCUT2D eigenvalue weighted by molar-refractivity contribution is -0.697. The van der Waals surface area contributed by atoms with E-state index in [9.17, 15) is 0 Å². The predicted molar refractivity (Wildman–Crippen MR) is 134 cm³/mol. The van der Waals surface area contributed by atoms with Gasteiger partial charge in [0.1, 0.15) is 13.6 Å². The third-order valence-electron chi connectivity index (χ3n) is 6.05. The summed E-state index contributed by atoms with van der Waals surface area (Å²) in [5.41, 5.74) is 2.84. The molecule has 0 radical (unpaired) electrons. The molecule has 174 valence electrons. The number of aromatic nitrogens is 2. The Kier molecular flexibility index (Phi) is 16.8. The van der Waals surface area contributed by atoms with E-state index in [2.05, 4.69) is 74.4 Å². The quantitative estimate of drug-likeness (QED) is 0.208. The Labute approximate surface area is 193 Å². The molecule has 0 aliphatic heterocycles. The molecule has 0 aromatic carbocycles. The largest absolute Gasteiger partial charge is 0.208 e. The van der Waals surface area contributed by atoms with Crippen LogP contribution in [0, 0.1) is 0 Å². The first kappa shape index (κ1) is 27.3. The molecule has 2 rings (SSSR count). The first-order valence-corrected chi connectivity index (χ1v) is 13.1. The molecule has 0 atom stereocenters. The van der Waals surface area contributed by atoms with Crippen LogP contribution in [0.1, 0.15) is 109 Å². The van der Waals surface area contributed by atoms with Gasteiger partial charge in [0.15, 0.2) is 24.8 Å². The fourth-order valence-electron chi connectivity index (χ4n) is 3.83. The first-order chi connectivity index (χ1) is 15.2. The third kappa shape index (κ3) is 14.9. The lowest BCUT2D eigenvalue weighted by atomic mass is 10.1. The monoisotopic (exact) mass is 426 g/mol. The Morgan fingerprint density at radius 2 is 1.10 bits per heavy atom. The van der Waals surface area contributed by atoms with Crippen LogP contribution in [0.25, 0.3) is 0 Å². The van der Waals surface area contributed by atoms with Crippen LogP contribution < -0.4 is 9.13 Å². The highest BCUT2D eigenvalue weighted by molar-refractivity contribution is 5.06. The van der Waals surface area contributed by atoms with Crippen LogP contribution in [0.2, 0.25) is 0 Å². The van der Waals surface area contributed by atoms with Gasteiger partial charge in [0, 0.05) is 30.2 Å². The zero-order valence-corrected chi connectivity index (χ0v) is 21.1. The van der Waals surface area contributed by atoms with Gasteiger partial charge in [-0.15, -0.1) is 0 Å². The molecule has 0 saturated carbocycles. The number of hydrogen-bond donors (Lipinski definition) is 0. The standard InChI is InChI=1S/C21H38N.C8H12N/c1-3-5-6-7-8-9-10-11-12-13-14-15-18-22-19-16-17-21(4-2)20-22;1-3-8-4-6-9(2)7-5-8/h16-17,19-20H,3-15,18H2,1-2H3;4-7H,3H2,1-2H3/q2*+1. The Hall–Kier alpha value is -1.70. The molecule has 2 aromatic rings. The fraction of sp³-hybridized carbons (Fsp3) is 0.655. The van der Waals surface area contributed by atoms with Gasteiger partial charge in [-0.1, -0.05) is 85.0 Å². The summed E-state index contributed by atoms with van der Waals surface area (Å²) >= 11 is 0. The average molecular weight is 427 g/mol. The molecule has 2 heterocycles. The molecule has 31 heavy (non-hydrogen) atoms. The first-order valence-electron chi connectivity index (χ1n) is 13.1. The second kappa shape index (κ2) is 19.0. The molecule has 0 aliphatic rings. The van der Waals surface area contributed by atoms with E-state index >= 15 is 0 Å². The van der Waals surface area contributed by atoms with Crippen LogP contribution in [-0.2, 0) is 26.4 Å². The highest BCUT2D eigenvalue weighted by atomic mass is 14.9. The summed E-state index contributed by atoms with van der Waals surface area (Å²) in [6.45, 7) is 7.86. The minimum atomic E-state index is 1.13. The molecular formula is C29H50N2+2. The van der Waals surface area contributed by atoms with Crippen LogP contribution >= 0.6 is 0 Å². The molecule has 0 unspecified atom stereocenters. The summed E-state index contributed by atoms with van der Waals surface area (Å²) in [6.07, 6.45) is 28.0. The molecule has 0 N–H and O–H groups in total. The van der Waals surface area contributed by atoms with Gasteiger partial charge in [0.25, 0.3) is 0 Å². The second-order valence-corrected chi connectivity index (χ2v) is 8.92. The van der Waals surface area contributed by atoms with Gasteiger partial charge < -0.3 is 0 Å². The van der Waals surface area contributed by atoms with Gasteiger partial charge in [-0.2, -0.15) is 0 Å². The van der Waals surface area contributed by atoms with Crippen LogP contribution in [0.4, 0.5) is 0 Å². The van der Waals surface area contributed by atoms with Crippen molar-refractivity contribution in [1.29, 1.82) is 0 Å². The average Bonchev–Trinajstić information content (AvgIpc) is 2.81. The third-order valence-corrected chi connectivity index (χ3v) is 6.05. The number of hydrogen-bond acceptors (Lipinski definition) is 0. The van der Waals surface area contributed by atoms with Gasteiger partial charge >= 0.3 is 0 Å². The van der Waals surface area contributed by atoms with E-state index < -0.39 is 0 Å². The van der Waals surface area contributed by atoms with Crippen molar-refractivity contribution >= 4 is 0 Å². The smallest absolute Gasteiger partial charge is 0.171 e. The summed E-state index contributed by atoms with van der Waals surface area (Å²) in [5, 5.41) is 0. The van der Waals surface area contributed by atoms with Crippen molar-refractivity contribution in [2.75, 3.05) is 0 Å². The lowest BCUT2D eigenvalue weighted by Crippen LogP contribution is -2.33. The van der Waals surface area contributed by atoms with Gasteiger partial charge in [-0.3, -0.25) is 0 Å². The maximum atomic E-state index is 2.36. The lowest BCUT2D eigenvalue weighted by Gasteiger charge is -2.02. The Morgan fingerprint density at radius 3 is 1.61 bits per heavy atom. The van der Waals surface area contributed by atoms with Crippen molar-refractivity contribution < 1.29 is 9.13 Å². The maximum Gasteiger partial charge on any atom is 0.171 e. The molecule has 0 bridgehead atoms. The van der Waals surface area contributed by atoms with Crippen LogP contribution in [-0.4, -0.2) is 0 Å². The van der Waals surface area contributed by atoms with Gasteiger partial charge in [0.2, 0.25) is 0 Å². The molecule has 0 saturated heterocycles. The topological polar surface area (TPSA) is 7.76 Å². The highest BCUT2D eigenvalue weighted by Gasteiger charge is 2.01. The van der Waals surface area contributed by atoms with Crippen molar-refractivity contribution in [3.63, 3.8) is 0 Å². The van der Waals surface area contributed by atoms with Crippen LogP contribution in [0.3, 0.4) is 0 Å². The number of rotatable bonds is 15. The molecule has 2 heteroatoms. The number of aryl methyl sites for hydroxylation is 4. The summed E-state index contributed by atoms with van der Waals surface area (Å²) in [5.74, 6) is 0. The summed E-state index contributed by atoms with van der Waals surface area (Å²) < 4.78 is 4.40. The van der Waals surface area contributed by atoms with E-state index in [-0.39, 0.29) is 0 Å². The maximum absolute atomic E-state index is 2.36. The van der Waals surface area contributed by atoms with Crippen LogP contribution in [0.15, 0.2) is 49.1 Å². The Morgan fingerprint density at radius 1 is 0.581 bits per heavy atom. The van der Waals surface area contributed by atoms with Crippen molar-refractivity contribution in [3.8, 4) is 0 Å². The van der Waals surface area contributed by atoms with Gasteiger partial charge in [-0.25, -0.2) is 9.13 Å². The van der Waals surface area contributed by atoms with Crippen LogP contribution in [0.5, 0.6) is 0 Å². The van der Waals surface area contributed by atoms with E-state index in [0.29, 0.717) is 0 Å². The molecule has 2 nitrogen and oxygen atoms in total. The van der Waals surface area contributed by atoms with E-state index in [1.165, 1.54) is 94.7 Å². The number of unbranched alkanes of at least 4 members (excludes halogenated alkanes) is 11. The van der Waals surface area contributed by atoms with Gasteiger partial charge in [-0.05, 0) is 30.9 Å².